The number of piperazine rings is 1. The molecule has 0 radical (unpaired) electrons. The van der Waals surface area contributed by atoms with E-state index >= 15 is 0 Å². The average Bonchev–Trinajstić information content (AvgIpc) is 3.16. The fourth-order valence-corrected chi connectivity index (χ4v) is 4.83. The zero-order valence-corrected chi connectivity index (χ0v) is 17.5. The minimum absolute atomic E-state index is 0.0251. The lowest BCUT2D eigenvalue weighted by atomic mass is 9.81. The van der Waals surface area contributed by atoms with Crippen LogP contribution in [0.5, 0.6) is 0 Å². The third-order valence-corrected chi connectivity index (χ3v) is 6.38. The van der Waals surface area contributed by atoms with Crippen LogP contribution in [-0.2, 0) is 14.3 Å². The van der Waals surface area contributed by atoms with Gasteiger partial charge in [0.25, 0.3) is 0 Å². The van der Waals surface area contributed by atoms with Gasteiger partial charge >= 0.3 is 6.09 Å². The van der Waals surface area contributed by atoms with Gasteiger partial charge in [-0.15, -0.1) is 0 Å². The van der Waals surface area contributed by atoms with Gasteiger partial charge in [0, 0.05) is 19.6 Å². The molecular weight excluding hydrogens is 358 g/mol. The Morgan fingerprint density at radius 2 is 1.86 bits per heavy atom. The van der Waals surface area contributed by atoms with Gasteiger partial charge in [0.1, 0.15) is 17.7 Å². The molecule has 2 heterocycles. The van der Waals surface area contributed by atoms with Crippen LogP contribution in [0.1, 0.15) is 72.1 Å². The molecule has 1 spiro atoms. The summed E-state index contributed by atoms with van der Waals surface area (Å²) in [5.74, 6) is 0.297. The van der Waals surface area contributed by atoms with Crippen LogP contribution in [0.3, 0.4) is 0 Å². The van der Waals surface area contributed by atoms with Crippen molar-refractivity contribution < 1.29 is 19.1 Å². The lowest BCUT2D eigenvalue weighted by Gasteiger charge is -2.51. The van der Waals surface area contributed by atoms with Crippen molar-refractivity contribution in [3.8, 4) is 0 Å². The smallest absolute Gasteiger partial charge is 0.410 e. The van der Waals surface area contributed by atoms with E-state index in [2.05, 4.69) is 19.2 Å². The van der Waals surface area contributed by atoms with Gasteiger partial charge in [-0.1, -0.05) is 20.8 Å². The van der Waals surface area contributed by atoms with E-state index in [1.807, 2.05) is 6.92 Å². The van der Waals surface area contributed by atoms with Gasteiger partial charge in [-0.05, 0) is 57.3 Å². The number of carbonyl (C=O) groups excluding carboxylic acids is 3. The predicted molar refractivity (Wildman–Crippen MR) is 106 cm³/mol. The molecule has 7 nitrogen and oxygen atoms in total. The van der Waals surface area contributed by atoms with Crippen LogP contribution in [-0.4, -0.2) is 65.0 Å². The summed E-state index contributed by atoms with van der Waals surface area (Å²) in [6.45, 7) is 7.61. The highest BCUT2D eigenvalue weighted by Gasteiger charge is 2.53. The quantitative estimate of drug-likeness (QED) is 0.779. The maximum Gasteiger partial charge on any atom is 0.410 e. The third-order valence-electron chi connectivity index (χ3n) is 6.38. The van der Waals surface area contributed by atoms with Crippen molar-refractivity contribution in [3.63, 3.8) is 0 Å². The molecule has 1 saturated carbocycles. The predicted octanol–water partition coefficient (Wildman–Crippen LogP) is 2.68. The zero-order valence-electron chi connectivity index (χ0n) is 17.5. The molecule has 3 fully saturated rings. The molecule has 1 unspecified atom stereocenters. The maximum atomic E-state index is 13.1. The largest absolute Gasteiger partial charge is 0.446 e. The molecule has 0 aromatic carbocycles. The lowest BCUT2D eigenvalue weighted by molar-refractivity contribution is -0.161. The highest BCUT2D eigenvalue weighted by atomic mass is 16.6. The monoisotopic (exact) mass is 393 g/mol. The lowest BCUT2D eigenvalue weighted by Crippen LogP contribution is -2.73. The van der Waals surface area contributed by atoms with Crippen LogP contribution in [0.25, 0.3) is 0 Å². The van der Waals surface area contributed by atoms with Gasteiger partial charge < -0.3 is 19.9 Å². The molecule has 2 aliphatic heterocycles. The Bertz CT molecular complexity index is 592. The SMILES string of the molecule is CCCN1C(=O)C(CC(C)C)NC(=O)C12CCN(C(=O)OC1CCCC1)CC2. The molecular formula is C21H35N3O4. The first-order chi connectivity index (χ1) is 13.4. The van der Waals surface area contributed by atoms with Crippen LogP contribution in [0.2, 0.25) is 0 Å². The highest BCUT2D eigenvalue weighted by Crippen LogP contribution is 2.34. The molecule has 0 bridgehead atoms. The maximum absolute atomic E-state index is 13.1. The first kappa shape index (κ1) is 20.9. The van der Waals surface area contributed by atoms with E-state index in [-0.39, 0.29) is 24.0 Å². The second kappa shape index (κ2) is 8.70. The first-order valence-corrected chi connectivity index (χ1v) is 11.0. The van der Waals surface area contributed by atoms with E-state index < -0.39 is 11.6 Å². The van der Waals surface area contributed by atoms with Gasteiger partial charge in [0.2, 0.25) is 11.8 Å². The molecule has 1 aliphatic carbocycles. The van der Waals surface area contributed by atoms with Crippen LogP contribution < -0.4 is 5.32 Å². The summed E-state index contributed by atoms with van der Waals surface area (Å²) in [7, 11) is 0. The molecule has 3 amide bonds. The molecule has 0 aromatic rings. The van der Waals surface area contributed by atoms with E-state index in [1.165, 1.54) is 0 Å². The molecule has 3 rings (SSSR count). The molecule has 2 saturated heterocycles. The molecule has 1 N–H and O–H groups in total. The summed E-state index contributed by atoms with van der Waals surface area (Å²) in [6.07, 6.45) is 6.30. The minimum atomic E-state index is -0.829. The third kappa shape index (κ3) is 4.13. The first-order valence-electron chi connectivity index (χ1n) is 11.0. The van der Waals surface area contributed by atoms with Crippen molar-refractivity contribution in [1.82, 2.24) is 15.1 Å². The molecule has 1 atom stereocenters. The number of ether oxygens (including phenoxy) is 1. The Kier molecular flexibility index (Phi) is 6.50. The number of rotatable bonds is 5. The molecule has 7 heteroatoms. The normalized spacial score (nSPS) is 25.5. The number of piperidine rings is 1. The Morgan fingerprint density at radius 1 is 1.21 bits per heavy atom. The summed E-state index contributed by atoms with van der Waals surface area (Å²) in [5.41, 5.74) is -0.829. The topological polar surface area (TPSA) is 79.0 Å². The van der Waals surface area contributed by atoms with Gasteiger partial charge in [0.05, 0.1) is 0 Å². The van der Waals surface area contributed by atoms with E-state index in [0.717, 1.165) is 32.1 Å². The summed E-state index contributed by atoms with van der Waals surface area (Å²) in [4.78, 5) is 42.2. The Morgan fingerprint density at radius 3 is 2.43 bits per heavy atom. The van der Waals surface area contributed by atoms with Crippen molar-refractivity contribution in [1.29, 1.82) is 0 Å². The average molecular weight is 394 g/mol. The van der Waals surface area contributed by atoms with Crippen molar-refractivity contribution in [2.24, 2.45) is 5.92 Å². The number of likely N-dealkylation sites (tertiary alicyclic amines) is 1. The van der Waals surface area contributed by atoms with Gasteiger partial charge in [0.15, 0.2) is 0 Å². The van der Waals surface area contributed by atoms with E-state index in [0.29, 0.717) is 44.8 Å². The van der Waals surface area contributed by atoms with Crippen molar-refractivity contribution in [2.75, 3.05) is 19.6 Å². The van der Waals surface area contributed by atoms with E-state index in [9.17, 15) is 14.4 Å². The number of amides is 3. The molecule has 0 aromatic heterocycles. The minimum Gasteiger partial charge on any atom is -0.446 e. The van der Waals surface area contributed by atoms with Crippen LogP contribution >= 0.6 is 0 Å². The Hall–Kier alpha value is -1.79. The summed E-state index contributed by atoms with van der Waals surface area (Å²) < 4.78 is 5.62. The molecule has 158 valence electrons. The second-order valence-corrected chi connectivity index (χ2v) is 8.95. The van der Waals surface area contributed by atoms with Crippen LogP contribution in [0.4, 0.5) is 4.79 Å². The Balaban J connectivity index is 1.67. The zero-order chi connectivity index (χ0) is 20.3. The van der Waals surface area contributed by atoms with Crippen molar-refractivity contribution in [3.05, 3.63) is 0 Å². The number of hydrogen-bond donors (Lipinski definition) is 1. The van der Waals surface area contributed by atoms with E-state index in [4.69, 9.17) is 4.74 Å². The number of hydrogen-bond acceptors (Lipinski definition) is 4. The standard InChI is InChI=1S/C21H35N3O4/c1-4-11-24-18(25)17(14-15(2)3)22-19(26)21(24)9-12-23(13-10-21)20(27)28-16-7-5-6-8-16/h15-17H,4-14H2,1-3H3,(H,22,26). The summed E-state index contributed by atoms with van der Waals surface area (Å²) >= 11 is 0. The number of nitrogens with zero attached hydrogens (tertiary/aromatic N) is 2. The second-order valence-electron chi connectivity index (χ2n) is 8.95. The van der Waals surface area contributed by atoms with Gasteiger partial charge in [-0.25, -0.2) is 4.79 Å². The fourth-order valence-electron chi connectivity index (χ4n) is 4.83. The molecule has 3 aliphatic rings. The highest BCUT2D eigenvalue weighted by molar-refractivity contribution is 6.00. The van der Waals surface area contributed by atoms with Crippen molar-refractivity contribution >= 4 is 17.9 Å². The Labute approximate surface area is 168 Å². The van der Waals surface area contributed by atoms with Crippen molar-refractivity contribution in [2.45, 2.75) is 89.8 Å². The summed E-state index contributed by atoms with van der Waals surface area (Å²) in [5, 5.41) is 2.98. The van der Waals surface area contributed by atoms with Gasteiger partial charge in [-0.3, -0.25) is 9.59 Å². The number of nitrogens with one attached hydrogen (secondary N) is 1. The van der Waals surface area contributed by atoms with E-state index in [1.54, 1.807) is 9.80 Å². The van der Waals surface area contributed by atoms with Crippen LogP contribution in [0, 0.1) is 5.92 Å². The van der Waals surface area contributed by atoms with Crippen LogP contribution in [0.15, 0.2) is 0 Å². The summed E-state index contributed by atoms with van der Waals surface area (Å²) in [6, 6.07) is -0.435. The van der Waals surface area contributed by atoms with Gasteiger partial charge in [-0.2, -0.15) is 0 Å². The number of carbonyl (C=O) groups is 3. The molecule has 28 heavy (non-hydrogen) atoms. The fraction of sp³-hybridized carbons (Fsp3) is 0.857.